The van der Waals surface area contributed by atoms with Gasteiger partial charge in [-0.25, -0.2) is 12.8 Å². The van der Waals surface area contributed by atoms with Gasteiger partial charge in [0.2, 0.25) is 15.9 Å². The first-order chi connectivity index (χ1) is 15.4. The van der Waals surface area contributed by atoms with E-state index in [1.807, 2.05) is 12.1 Å². The molecule has 1 aliphatic heterocycles. The molecule has 9 heteroatoms. The summed E-state index contributed by atoms with van der Waals surface area (Å²) >= 11 is 0. The lowest BCUT2D eigenvalue weighted by atomic mass is 10.2. The Kier molecular flexibility index (Phi) is 8.46. The molecular formula is C23H29FN2O5S. The number of carbonyl (C=O) groups excluding carboxylic acids is 1. The van der Waals surface area contributed by atoms with Crippen molar-refractivity contribution < 1.29 is 27.1 Å². The van der Waals surface area contributed by atoms with E-state index < -0.39 is 21.9 Å². The fraction of sp³-hybridized carbons (Fsp3) is 0.435. The summed E-state index contributed by atoms with van der Waals surface area (Å²) in [5, 5.41) is 2.75. The van der Waals surface area contributed by atoms with Crippen molar-refractivity contribution in [1.29, 1.82) is 0 Å². The van der Waals surface area contributed by atoms with E-state index in [1.54, 1.807) is 12.1 Å². The summed E-state index contributed by atoms with van der Waals surface area (Å²) < 4.78 is 51.3. The molecule has 2 aromatic carbocycles. The average Bonchev–Trinajstić information content (AvgIpc) is 3.29. The van der Waals surface area contributed by atoms with Gasteiger partial charge in [0.15, 0.2) is 0 Å². The van der Waals surface area contributed by atoms with Crippen LogP contribution < -0.4 is 14.8 Å². The fourth-order valence-electron chi connectivity index (χ4n) is 3.46. The number of unbranched alkanes of at least 4 members (excludes halogenated alkanes) is 1. The van der Waals surface area contributed by atoms with Crippen molar-refractivity contribution in [2.75, 3.05) is 26.3 Å². The van der Waals surface area contributed by atoms with Crippen LogP contribution in [-0.2, 0) is 14.8 Å². The molecule has 174 valence electrons. The minimum Gasteiger partial charge on any atom is -0.494 e. The number of nitrogens with one attached hydrogen (secondary N) is 1. The lowest BCUT2D eigenvalue weighted by Crippen LogP contribution is -2.46. The second-order valence-corrected chi connectivity index (χ2v) is 9.43. The van der Waals surface area contributed by atoms with Gasteiger partial charge in [-0.15, -0.1) is 0 Å². The van der Waals surface area contributed by atoms with Crippen molar-refractivity contribution in [3.8, 4) is 11.5 Å². The number of hydrogen-bond donors (Lipinski definition) is 1. The third-order valence-corrected chi connectivity index (χ3v) is 7.11. The number of amides is 1. The lowest BCUT2D eigenvalue weighted by Gasteiger charge is -2.23. The molecule has 1 aliphatic rings. The zero-order chi connectivity index (χ0) is 23.0. The molecule has 0 radical (unpaired) electrons. The van der Waals surface area contributed by atoms with Crippen molar-refractivity contribution in [2.45, 2.75) is 43.5 Å². The molecule has 0 aromatic heterocycles. The Balaban J connectivity index is 1.47. The van der Waals surface area contributed by atoms with Gasteiger partial charge in [-0.05, 0) is 67.8 Å². The Morgan fingerprint density at radius 3 is 2.31 bits per heavy atom. The van der Waals surface area contributed by atoms with Crippen molar-refractivity contribution in [2.24, 2.45) is 0 Å². The van der Waals surface area contributed by atoms with E-state index in [0.29, 0.717) is 25.2 Å². The second-order valence-electron chi connectivity index (χ2n) is 7.54. The lowest BCUT2D eigenvalue weighted by molar-refractivity contribution is -0.124. The van der Waals surface area contributed by atoms with E-state index in [0.717, 1.165) is 30.7 Å². The molecule has 0 aliphatic carbocycles. The van der Waals surface area contributed by atoms with Gasteiger partial charge in [0, 0.05) is 6.54 Å². The number of halogens is 1. The summed E-state index contributed by atoms with van der Waals surface area (Å²) in [6.07, 6.45) is 3.10. The van der Waals surface area contributed by atoms with Crippen molar-refractivity contribution >= 4 is 15.9 Å². The van der Waals surface area contributed by atoms with E-state index in [4.69, 9.17) is 9.47 Å². The highest BCUT2D eigenvalue weighted by atomic mass is 32.2. The number of carbonyl (C=O) groups is 1. The molecule has 1 saturated heterocycles. The maximum atomic E-state index is 13.1. The Hall–Kier alpha value is -2.65. The number of sulfonamides is 1. The standard InChI is InChI=1S/C23H29FN2O5S/c1-2-3-16-30-19-8-10-20(11-9-19)31-17-14-25-23(27)22-5-4-15-26(22)32(28,29)21-12-6-18(24)7-13-21/h6-13,22H,2-5,14-17H2,1H3,(H,25,27)/t22-/m0/s1. The molecule has 0 spiro atoms. The summed E-state index contributed by atoms with van der Waals surface area (Å²) in [5.74, 6) is 0.557. The third kappa shape index (κ3) is 6.20. The van der Waals surface area contributed by atoms with Crippen LogP contribution in [0.2, 0.25) is 0 Å². The Bertz CT molecular complexity index is 980. The summed E-state index contributed by atoms with van der Waals surface area (Å²) in [4.78, 5) is 12.6. The highest BCUT2D eigenvalue weighted by Gasteiger charge is 2.39. The van der Waals surface area contributed by atoms with E-state index in [-0.39, 0.29) is 30.5 Å². The van der Waals surface area contributed by atoms with Gasteiger partial charge in [-0.1, -0.05) is 13.3 Å². The van der Waals surface area contributed by atoms with Crippen LogP contribution >= 0.6 is 0 Å². The normalized spacial score (nSPS) is 16.6. The van der Waals surface area contributed by atoms with Crippen LogP contribution in [0.15, 0.2) is 53.4 Å². The largest absolute Gasteiger partial charge is 0.494 e. The van der Waals surface area contributed by atoms with Crippen LogP contribution in [0.5, 0.6) is 11.5 Å². The van der Waals surface area contributed by atoms with Crippen LogP contribution in [0.3, 0.4) is 0 Å². The van der Waals surface area contributed by atoms with Crippen molar-refractivity contribution in [3.63, 3.8) is 0 Å². The quantitative estimate of drug-likeness (QED) is 0.516. The highest BCUT2D eigenvalue weighted by Crippen LogP contribution is 2.26. The van der Waals surface area contributed by atoms with Crippen LogP contribution in [0.25, 0.3) is 0 Å². The predicted octanol–water partition coefficient (Wildman–Crippen LogP) is 3.35. The molecule has 3 rings (SSSR count). The minimum atomic E-state index is -3.87. The zero-order valence-corrected chi connectivity index (χ0v) is 18.9. The van der Waals surface area contributed by atoms with Crippen LogP contribution in [0.1, 0.15) is 32.6 Å². The Morgan fingerprint density at radius 1 is 1.06 bits per heavy atom. The number of benzene rings is 2. The average molecular weight is 465 g/mol. The van der Waals surface area contributed by atoms with Gasteiger partial charge in [0.05, 0.1) is 18.0 Å². The second kappa shape index (κ2) is 11.3. The number of rotatable bonds is 11. The predicted molar refractivity (Wildman–Crippen MR) is 119 cm³/mol. The molecule has 1 fully saturated rings. The molecule has 7 nitrogen and oxygen atoms in total. The summed E-state index contributed by atoms with van der Waals surface area (Å²) in [5.41, 5.74) is 0. The van der Waals surface area contributed by atoms with Gasteiger partial charge in [0.25, 0.3) is 0 Å². The van der Waals surface area contributed by atoms with Gasteiger partial charge in [0.1, 0.15) is 30.0 Å². The molecule has 1 N–H and O–H groups in total. The molecule has 1 heterocycles. The summed E-state index contributed by atoms with van der Waals surface area (Å²) in [6, 6.07) is 11.1. The summed E-state index contributed by atoms with van der Waals surface area (Å²) in [7, 11) is -3.87. The summed E-state index contributed by atoms with van der Waals surface area (Å²) in [6.45, 7) is 3.53. The van der Waals surface area contributed by atoms with E-state index in [9.17, 15) is 17.6 Å². The first-order valence-electron chi connectivity index (χ1n) is 10.8. The fourth-order valence-corrected chi connectivity index (χ4v) is 5.12. The van der Waals surface area contributed by atoms with E-state index >= 15 is 0 Å². The zero-order valence-electron chi connectivity index (χ0n) is 18.1. The number of hydrogen-bond acceptors (Lipinski definition) is 5. The van der Waals surface area contributed by atoms with Gasteiger partial charge in [-0.2, -0.15) is 4.31 Å². The van der Waals surface area contributed by atoms with Crippen LogP contribution in [0.4, 0.5) is 4.39 Å². The SMILES string of the molecule is CCCCOc1ccc(OCCNC(=O)[C@@H]2CCCN2S(=O)(=O)c2ccc(F)cc2)cc1. The van der Waals surface area contributed by atoms with Crippen LogP contribution in [0, 0.1) is 5.82 Å². The van der Waals surface area contributed by atoms with Gasteiger partial charge < -0.3 is 14.8 Å². The number of nitrogens with zero attached hydrogens (tertiary/aromatic N) is 1. The Labute approximate surface area is 188 Å². The number of ether oxygens (including phenoxy) is 2. The van der Waals surface area contributed by atoms with E-state index in [1.165, 1.54) is 16.4 Å². The Morgan fingerprint density at radius 2 is 1.69 bits per heavy atom. The highest BCUT2D eigenvalue weighted by molar-refractivity contribution is 7.89. The molecule has 1 atom stereocenters. The minimum absolute atomic E-state index is 0.0240. The monoisotopic (exact) mass is 464 g/mol. The smallest absolute Gasteiger partial charge is 0.243 e. The molecule has 0 unspecified atom stereocenters. The molecule has 0 bridgehead atoms. The van der Waals surface area contributed by atoms with Gasteiger partial charge in [-0.3, -0.25) is 4.79 Å². The molecule has 2 aromatic rings. The first-order valence-corrected chi connectivity index (χ1v) is 12.3. The van der Waals surface area contributed by atoms with Gasteiger partial charge >= 0.3 is 0 Å². The van der Waals surface area contributed by atoms with Crippen LogP contribution in [-0.4, -0.2) is 51.0 Å². The molecule has 32 heavy (non-hydrogen) atoms. The molecule has 0 saturated carbocycles. The first kappa shape index (κ1) is 24.0. The maximum absolute atomic E-state index is 13.1. The topological polar surface area (TPSA) is 84.9 Å². The molecular weight excluding hydrogens is 435 g/mol. The maximum Gasteiger partial charge on any atom is 0.243 e. The van der Waals surface area contributed by atoms with Crippen molar-refractivity contribution in [1.82, 2.24) is 9.62 Å². The molecule has 1 amide bonds. The van der Waals surface area contributed by atoms with E-state index in [2.05, 4.69) is 12.2 Å². The van der Waals surface area contributed by atoms with Crippen molar-refractivity contribution in [3.05, 3.63) is 54.3 Å². The third-order valence-electron chi connectivity index (χ3n) is 5.19.